The van der Waals surface area contributed by atoms with Crippen LogP contribution in [0.25, 0.3) is 10.9 Å². The van der Waals surface area contributed by atoms with Crippen LogP contribution in [0.2, 0.25) is 0 Å². The first-order valence-electron chi connectivity index (χ1n) is 6.98. The van der Waals surface area contributed by atoms with Crippen molar-refractivity contribution in [3.8, 4) is 0 Å². The number of hydrogen-bond acceptors (Lipinski definition) is 3. The van der Waals surface area contributed by atoms with E-state index in [-0.39, 0.29) is 11.8 Å². The molecule has 1 aromatic heterocycles. The summed E-state index contributed by atoms with van der Waals surface area (Å²) in [7, 11) is 0. The molecule has 0 aliphatic carbocycles. The SMILES string of the molecule is Cc1[nH]c2ccccc2c1NN1C(=O)c2ccccc2C1=O. The van der Waals surface area contributed by atoms with E-state index in [9.17, 15) is 9.59 Å². The second kappa shape index (κ2) is 4.46. The Bertz CT molecular complexity index is 892. The molecule has 1 aliphatic rings. The van der Waals surface area contributed by atoms with Gasteiger partial charge in [0.05, 0.1) is 16.8 Å². The van der Waals surface area contributed by atoms with Gasteiger partial charge in [-0.05, 0) is 25.1 Å². The lowest BCUT2D eigenvalue weighted by Crippen LogP contribution is -2.35. The van der Waals surface area contributed by atoms with Crippen molar-refractivity contribution in [1.82, 2.24) is 9.99 Å². The Balaban J connectivity index is 1.77. The van der Waals surface area contributed by atoms with Crippen LogP contribution in [-0.2, 0) is 0 Å². The average molecular weight is 291 g/mol. The fraction of sp³-hybridized carbons (Fsp3) is 0.0588. The zero-order valence-corrected chi connectivity index (χ0v) is 11.9. The van der Waals surface area contributed by atoms with Gasteiger partial charge in [0.15, 0.2) is 0 Å². The van der Waals surface area contributed by atoms with Crippen molar-refractivity contribution in [2.45, 2.75) is 6.92 Å². The smallest absolute Gasteiger partial charge is 0.280 e. The van der Waals surface area contributed by atoms with Crippen molar-refractivity contribution in [2.75, 3.05) is 5.43 Å². The molecule has 0 bridgehead atoms. The van der Waals surface area contributed by atoms with Gasteiger partial charge in [0.25, 0.3) is 11.8 Å². The van der Waals surface area contributed by atoms with Crippen molar-refractivity contribution >= 4 is 28.4 Å². The van der Waals surface area contributed by atoms with E-state index >= 15 is 0 Å². The van der Waals surface area contributed by atoms with Crippen LogP contribution < -0.4 is 5.43 Å². The molecule has 2 N–H and O–H groups in total. The van der Waals surface area contributed by atoms with Gasteiger partial charge < -0.3 is 4.98 Å². The minimum Gasteiger partial charge on any atom is -0.357 e. The lowest BCUT2D eigenvalue weighted by Gasteiger charge is -2.16. The Morgan fingerprint density at radius 2 is 1.50 bits per heavy atom. The number of hydrogen-bond donors (Lipinski definition) is 2. The highest BCUT2D eigenvalue weighted by Gasteiger charge is 2.36. The topological polar surface area (TPSA) is 65.2 Å². The highest BCUT2D eigenvalue weighted by Crippen LogP contribution is 2.30. The molecule has 0 saturated heterocycles. The molecule has 0 atom stereocenters. The van der Waals surface area contributed by atoms with Crippen LogP contribution in [0.4, 0.5) is 5.69 Å². The Kier molecular flexibility index (Phi) is 2.56. The molecule has 5 heteroatoms. The summed E-state index contributed by atoms with van der Waals surface area (Å²) in [6.45, 7) is 1.90. The van der Waals surface area contributed by atoms with Crippen molar-refractivity contribution in [2.24, 2.45) is 0 Å². The highest BCUT2D eigenvalue weighted by molar-refractivity contribution is 6.22. The number of para-hydroxylation sites is 1. The number of fused-ring (bicyclic) bond motifs is 2. The van der Waals surface area contributed by atoms with Crippen LogP contribution in [0.1, 0.15) is 26.4 Å². The Labute approximate surface area is 126 Å². The molecule has 2 aromatic carbocycles. The molecular formula is C17H13N3O2. The summed E-state index contributed by atoms with van der Waals surface area (Å²) in [5.74, 6) is -0.657. The third-order valence-corrected chi connectivity index (χ3v) is 3.91. The molecule has 3 aromatic rings. The first-order valence-corrected chi connectivity index (χ1v) is 6.98. The Hall–Kier alpha value is -3.08. The van der Waals surface area contributed by atoms with E-state index in [4.69, 9.17) is 0 Å². The molecule has 0 unspecified atom stereocenters. The zero-order chi connectivity index (χ0) is 15.3. The predicted octanol–water partition coefficient (Wildman–Crippen LogP) is 3.10. The fourth-order valence-electron chi connectivity index (χ4n) is 2.82. The second-order valence-corrected chi connectivity index (χ2v) is 5.27. The Morgan fingerprint density at radius 1 is 0.909 bits per heavy atom. The molecule has 2 heterocycles. The largest absolute Gasteiger partial charge is 0.357 e. The number of benzene rings is 2. The summed E-state index contributed by atoms with van der Waals surface area (Å²) < 4.78 is 0. The summed E-state index contributed by atoms with van der Waals surface area (Å²) in [5, 5.41) is 2.02. The van der Waals surface area contributed by atoms with E-state index < -0.39 is 0 Å². The molecule has 2 amide bonds. The minimum absolute atomic E-state index is 0.328. The fourth-order valence-corrected chi connectivity index (χ4v) is 2.82. The van der Waals surface area contributed by atoms with Gasteiger partial charge in [0.1, 0.15) is 0 Å². The van der Waals surface area contributed by atoms with E-state index in [0.29, 0.717) is 11.1 Å². The van der Waals surface area contributed by atoms with Crippen molar-refractivity contribution in [3.63, 3.8) is 0 Å². The van der Waals surface area contributed by atoms with Crippen LogP contribution in [0.3, 0.4) is 0 Å². The molecule has 1 aliphatic heterocycles. The number of rotatable bonds is 2. The van der Waals surface area contributed by atoms with Crippen LogP contribution in [-0.4, -0.2) is 21.8 Å². The number of aromatic amines is 1. The maximum absolute atomic E-state index is 12.4. The summed E-state index contributed by atoms with van der Waals surface area (Å²) in [4.78, 5) is 28.1. The molecule has 22 heavy (non-hydrogen) atoms. The maximum atomic E-state index is 12.4. The van der Waals surface area contributed by atoms with Gasteiger partial charge >= 0.3 is 0 Å². The predicted molar refractivity (Wildman–Crippen MR) is 83.6 cm³/mol. The highest BCUT2D eigenvalue weighted by atomic mass is 16.2. The van der Waals surface area contributed by atoms with Gasteiger partial charge in [-0.25, -0.2) is 0 Å². The molecule has 0 radical (unpaired) electrons. The summed E-state index contributed by atoms with van der Waals surface area (Å²) in [6, 6.07) is 14.6. The molecule has 4 rings (SSSR count). The molecule has 108 valence electrons. The van der Waals surface area contributed by atoms with E-state index in [1.54, 1.807) is 24.3 Å². The normalized spacial score (nSPS) is 13.8. The molecular weight excluding hydrogens is 278 g/mol. The average Bonchev–Trinajstić information content (AvgIpc) is 2.98. The van der Waals surface area contributed by atoms with Gasteiger partial charge in [-0.2, -0.15) is 5.01 Å². The van der Waals surface area contributed by atoms with E-state index in [0.717, 1.165) is 27.3 Å². The standard InChI is InChI=1S/C17H13N3O2/c1-10-15(13-8-4-5-9-14(13)18-10)19-20-16(21)11-6-2-3-7-12(11)17(20)22/h2-9,18-19H,1H3. The number of nitrogens with one attached hydrogen (secondary N) is 2. The summed E-state index contributed by atoms with van der Waals surface area (Å²) in [6.07, 6.45) is 0. The lowest BCUT2D eigenvalue weighted by atomic mass is 10.1. The number of aromatic nitrogens is 1. The first kappa shape index (κ1) is 12.6. The number of anilines is 1. The second-order valence-electron chi connectivity index (χ2n) is 5.27. The summed E-state index contributed by atoms with van der Waals surface area (Å²) >= 11 is 0. The zero-order valence-electron chi connectivity index (χ0n) is 11.9. The number of carbonyl (C=O) groups excluding carboxylic acids is 2. The number of carbonyl (C=O) groups is 2. The van der Waals surface area contributed by atoms with Gasteiger partial charge in [0.2, 0.25) is 0 Å². The third-order valence-electron chi connectivity index (χ3n) is 3.91. The molecule has 0 spiro atoms. The van der Waals surface area contributed by atoms with Crippen LogP contribution in [0.15, 0.2) is 48.5 Å². The molecule has 0 fully saturated rings. The van der Waals surface area contributed by atoms with Crippen LogP contribution >= 0.6 is 0 Å². The van der Waals surface area contributed by atoms with Crippen molar-refractivity contribution in [1.29, 1.82) is 0 Å². The van der Waals surface area contributed by atoms with E-state index in [1.807, 2.05) is 31.2 Å². The van der Waals surface area contributed by atoms with Crippen LogP contribution in [0, 0.1) is 6.92 Å². The number of amides is 2. The van der Waals surface area contributed by atoms with Crippen molar-refractivity contribution < 1.29 is 9.59 Å². The van der Waals surface area contributed by atoms with E-state index in [2.05, 4.69) is 10.4 Å². The third kappa shape index (κ3) is 1.65. The number of H-pyrrole nitrogens is 1. The van der Waals surface area contributed by atoms with Crippen molar-refractivity contribution in [3.05, 3.63) is 65.4 Å². The number of nitrogens with zero attached hydrogens (tertiary/aromatic N) is 1. The van der Waals surface area contributed by atoms with Gasteiger partial charge in [-0.15, -0.1) is 0 Å². The molecule has 5 nitrogen and oxygen atoms in total. The summed E-state index contributed by atoms with van der Waals surface area (Å²) in [5.41, 5.74) is 6.41. The lowest BCUT2D eigenvalue weighted by molar-refractivity contribution is 0.0691. The quantitative estimate of drug-likeness (QED) is 0.713. The number of imide groups is 1. The van der Waals surface area contributed by atoms with E-state index in [1.165, 1.54) is 0 Å². The molecule has 0 saturated carbocycles. The van der Waals surface area contributed by atoms with Gasteiger partial charge in [-0.1, -0.05) is 30.3 Å². The monoisotopic (exact) mass is 291 g/mol. The Morgan fingerprint density at radius 3 is 2.18 bits per heavy atom. The van der Waals surface area contributed by atoms with Gasteiger partial charge in [-0.3, -0.25) is 15.0 Å². The maximum Gasteiger partial charge on any atom is 0.280 e. The number of hydrazine groups is 1. The minimum atomic E-state index is -0.328. The first-order chi connectivity index (χ1) is 10.7. The van der Waals surface area contributed by atoms with Crippen LogP contribution in [0.5, 0.6) is 0 Å². The number of aryl methyl sites for hydroxylation is 1. The van der Waals surface area contributed by atoms with Gasteiger partial charge in [0, 0.05) is 16.6 Å².